The quantitative estimate of drug-likeness (QED) is 0.939. The second-order valence-corrected chi connectivity index (χ2v) is 6.42. The molecule has 2 fully saturated rings. The number of nitrogens with one attached hydrogen (secondary N) is 1. The van der Waals surface area contributed by atoms with Crippen molar-refractivity contribution in [1.82, 2.24) is 19.5 Å². The average Bonchev–Trinajstić information content (AvgIpc) is 3.03. The van der Waals surface area contributed by atoms with Crippen LogP contribution in [0.3, 0.4) is 0 Å². The zero-order valence-electron chi connectivity index (χ0n) is 13.1. The Kier molecular flexibility index (Phi) is 4.52. The van der Waals surface area contributed by atoms with Gasteiger partial charge in [0.1, 0.15) is 11.3 Å². The Bertz CT molecular complexity index is 707. The monoisotopic (exact) mass is 321 g/mol. The summed E-state index contributed by atoms with van der Waals surface area (Å²) in [7, 11) is 0. The molecule has 2 aliphatic rings. The van der Waals surface area contributed by atoms with Gasteiger partial charge in [0, 0.05) is 12.5 Å². The minimum atomic E-state index is 0. The minimum absolute atomic E-state index is 0. The van der Waals surface area contributed by atoms with Gasteiger partial charge in [0.2, 0.25) is 0 Å². The summed E-state index contributed by atoms with van der Waals surface area (Å²) in [5.74, 6) is 1.76. The van der Waals surface area contributed by atoms with Crippen LogP contribution < -0.4 is 5.49 Å². The summed E-state index contributed by atoms with van der Waals surface area (Å²) >= 11 is 0. The topological polar surface area (TPSA) is 58.9 Å². The standard InChI is InChI=1S/C16H23N5.ClH/c1-2-9-21-10-17-15(18-12-5-3-4-6-12)13-16(21)20-14(19-13)11-7-8-11;/h10-12H,2-9H2,1H3,(H,19,20);1H. The molecule has 2 heterocycles. The van der Waals surface area contributed by atoms with Gasteiger partial charge in [0.25, 0.3) is 0 Å². The molecule has 0 aliphatic heterocycles. The van der Waals surface area contributed by atoms with Gasteiger partial charge in [-0.05, 0) is 32.1 Å². The Hall–Kier alpha value is -1.36. The van der Waals surface area contributed by atoms with Crippen LogP contribution in [0.5, 0.6) is 0 Å². The largest absolute Gasteiger partial charge is 0.337 e. The molecule has 0 bridgehead atoms. The van der Waals surface area contributed by atoms with Gasteiger partial charge < -0.3 is 9.55 Å². The van der Waals surface area contributed by atoms with E-state index in [0.29, 0.717) is 12.0 Å². The first kappa shape index (κ1) is 15.5. The molecule has 0 atom stereocenters. The van der Waals surface area contributed by atoms with E-state index in [-0.39, 0.29) is 12.4 Å². The van der Waals surface area contributed by atoms with Gasteiger partial charge in [-0.2, -0.15) is 0 Å². The van der Waals surface area contributed by atoms with E-state index < -0.39 is 0 Å². The fourth-order valence-electron chi connectivity index (χ4n) is 3.25. The maximum Gasteiger partial charge on any atom is 0.176 e. The number of hydrogen-bond acceptors (Lipinski definition) is 3. The molecule has 0 amide bonds. The highest BCUT2D eigenvalue weighted by Gasteiger charge is 2.27. The average molecular weight is 322 g/mol. The molecule has 4 rings (SSSR count). The number of hydrogen-bond donors (Lipinski definition) is 1. The Morgan fingerprint density at radius 3 is 2.73 bits per heavy atom. The third-order valence-electron chi connectivity index (χ3n) is 4.58. The van der Waals surface area contributed by atoms with Crippen molar-refractivity contribution in [2.45, 2.75) is 70.4 Å². The van der Waals surface area contributed by atoms with Crippen molar-refractivity contribution in [3.05, 3.63) is 17.6 Å². The molecule has 120 valence electrons. The van der Waals surface area contributed by atoms with Crippen LogP contribution in [-0.4, -0.2) is 25.6 Å². The highest BCUT2D eigenvalue weighted by molar-refractivity contribution is 5.85. The SMILES string of the molecule is CCCn1cnc(=NC2CCCC2)c2[nH]c(C3CC3)nc21.Cl. The first-order valence-electron chi connectivity index (χ1n) is 8.34. The molecule has 2 aromatic heterocycles. The van der Waals surface area contributed by atoms with Crippen molar-refractivity contribution in [2.75, 3.05) is 0 Å². The zero-order valence-corrected chi connectivity index (χ0v) is 13.9. The van der Waals surface area contributed by atoms with E-state index in [2.05, 4.69) is 21.5 Å². The first-order chi connectivity index (χ1) is 10.3. The smallest absolute Gasteiger partial charge is 0.176 e. The number of nitrogens with zero attached hydrogens (tertiary/aromatic N) is 4. The van der Waals surface area contributed by atoms with Crippen LogP contribution in [0.15, 0.2) is 11.3 Å². The van der Waals surface area contributed by atoms with E-state index in [0.717, 1.165) is 35.4 Å². The van der Waals surface area contributed by atoms with Crippen molar-refractivity contribution in [1.29, 1.82) is 0 Å². The lowest BCUT2D eigenvalue weighted by molar-refractivity contribution is 0.659. The molecule has 2 saturated carbocycles. The van der Waals surface area contributed by atoms with Crippen molar-refractivity contribution in [2.24, 2.45) is 4.99 Å². The lowest BCUT2D eigenvalue weighted by Crippen LogP contribution is -2.17. The normalized spacial score (nSPS) is 19.8. The van der Waals surface area contributed by atoms with Crippen molar-refractivity contribution < 1.29 is 0 Å². The molecule has 1 N–H and O–H groups in total. The predicted molar refractivity (Wildman–Crippen MR) is 89.2 cm³/mol. The maximum absolute atomic E-state index is 4.88. The molecule has 2 aliphatic carbocycles. The van der Waals surface area contributed by atoms with Gasteiger partial charge in [0.15, 0.2) is 11.1 Å². The number of H-pyrrole nitrogens is 1. The Morgan fingerprint density at radius 2 is 2.05 bits per heavy atom. The second-order valence-electron chi connectivity index (χ2n) is 6.42. The number of aromatic amines is 1. The predicted octanol–water partition coefficient (Wildman–Crippen LogP) is 3.31. The molecular formula is C16H24ClN5. The summed E-state index contributed by atoms with van der Waals surface area (Å²) in [6.07, 6.45) is 10.5. The number of halogens is 1. The lowest BCUT2D eigenvalue weighted by Gasteiger charge is -2.05. The van der Waals surface area contributed by atoms with Crippen LogP contribution in [-0.2, 0) is 6.54 Å². The summed E-state index contributed by atoms with van der Waals surface area (Å²) in [5.41, 5.74) is 2.94. The number of imidazole rings is 1. The van der Waals surface area contributed by atoms with E-state index in [1.165, 1.54) is 38.5 Å². The van der Waals surface area contributed by atoms with E-state index in [1.54, 1.807) is 0 Å². The Labute approximate surface area is 136 Å². The molecule has 5 nitrogen and oxygen atoms in total. The molecule has 0 radical (unpaired) electrons. The van der Waals surface area contributed by atoms with Gasteiger partial charge in [-0.25, -0.2) is 9.97 Å². The van der Waals surface area contributed by atoms with Gasteiger partial charge in [-0.15, -0.1) is 12.4 Å². The van der Waals surface area contributed by atoms with Crippen LogP contribution in [0.4, 0.5) is 0 Å². The van der Waals surface area contributed by atoms with Crippen molar-refractivity contribution in [3.63, 3.8) is 0 Å². The lowest BCUT2D eigenvalue weighted by atomic mass is 10.3. The highest BCUT2D eigenvalue weighted by atomic mass is 35.5. The zero-order chi connectivity index (χ0) is 14.2. The van der Waals surface area contributed by atoms with Gasteiger partial charge in [-0.3, -0.25) is 4.99 Å². The summed E-state index contributed by atoms with van der Waals surface area (Å²) in [6.45, 7) is 3.15. The molecule has 6 heteroatoms. The second kappa shape index (κ2) is 6.41. The first-order valence-corrected chi connectivity index (χ1v) is 8.34. The van der Waals surface area contributed by atoms with Crippen molar-refractivity contribution >= 4 is 23.6 Å². The number of aryl methyl sites for hydroxylation is 1. The molecule has 0 saturated heterocycles. The highest BCUT2D eigenvalue weighted by Crippen LogP contribution is 2.38. The Morgan fingerprint density at radius 1 is 1.27 bits per heavy atom. The van der Waals surface area contributed by atoms with Crippen LogP contribution >= 0.6 is 12.4 Å². The van der Waals surface area contributed by atoms with Gasteiger partial charge >= 0.3 is 0 Å². The van der Waals surface area contributed by atoms with E-state index in [9.17, 15) is 0 Å². The number of rotatable bonds is 4. The Balaban J connectivity index is 0.00000144. The van der Waals surface area contributed by atoms with E-state index >= 15 is 0 Å². The molecular weight excluding hydrogens is 298 g/mol. The van der Waals surface area contributed by atoms with Gasteiger partial charge in [-0.1, -0.05) is 19.8 Å². The molecule has 0 aromatic carbocycles. The van der Waals surface area contributed by atoms with Crippen LogP contribution in [0.1, 0.15) is 63.6 Å². The van der Waals surface area contributed by atoms with Crippen LogP contribution in [0.25, 0.3) is 11.2 Å². The number of fused-ring (bicyclic) bond motifs is 1. The summed E-state index contributed by atoms with van der Waals surface area (Å²) in [4.78, 5) is 17.8. The maximum atomic E-state index is 4.88. The summed E-state index contributed by atoms with van der Waals surface area (Å²) in [6, 6.07) is 0.454. The van der Waals surface area contributed by atoms with Crippen LogP contribution in [0, 0.1) is 0 Å². The molecule has 0 unspecified atom stereocenters. The fraction of sp³-hybridized carbons (Fsp3) is 0.688. The number of aromatic nitrogens is 4. The molecule has 22 heavy (non-hydrogen) atoms. The third-order valence-corrected chi connectivity index (χ3v) is 4.58. The molecule has 0 spiro atoms. The van der Waals surface area contributed by atoms with E-state index in [1.807, 2.05) is 6.33 Å². The van der Waals surface area contributed by atoms with Crippen LogP contribution in [0.2, 0.25) is 0 Å². The van der Waals surface area contributed by atoms with Crippen molar-refractivity contribution in [3.8, 4) is 0 Å². The summed E-state index contributed by atoms with van der Waals surface area (Å²) < 4.78 is 2.16. The third kappa shape index (κ3) is 2.91. The fourth-order valence-corrected chi connectivity index (χ4v) is 3.25. The summed E-state index contributed by atoms with van der Waals surface area (Å²) in [5, 5.41) is 0. The van der Waals surface area contributed by atoms with Gasteiger partial charge in [0.05, 0.1) is 12.4 Å². The molecule has 2 aromatic rings. The van der Waals surface area contributed by atoms with E-state index in [4.69, 9.17) is 9.98 Å². The minimum Gasteiger partial charge on any atom is -0.337 e.